The Balaban J connectivity index is 2.15. The molecule has 2 heterocycles. The van der Waals surface area contributed by atoms with Gasteiger partial charge in [0.05, 0.1) is 18.9 Å². The molecule has 0 spiro atoms. The van der Waals surface area contributed by atoms with Crippen molar-refractivity contribution in [1.29, 1.82) is 0 Å². The molecule has 0 amide bonds. The fraction of sp³-hybridized carbons (Fsp3) is 0.750. The van der Waals surface area contributed by atoms with E-state index in [0.717, 1.165) is 31.6 Å². The second-order valence-electron chi connectivity index (χ2n) is 4.74. The predicted molar refractivity (Wildman–Crippen MR) is 61.2 cm³/mol. The normalized spacial score (nSPS) is 25.2. The van der Waals surface area contributed by atoms with Gasteiger partial charge in [-0.25, -0.2) is 0 Å². The first kappa shape index (κ1) is 11.6. The smallest absolute Gasteiger partial charge is 0.0624 e. The van der Waals surface area contributed by atoms with Gasteiger partial charge in [-0.3, -0.25) is 4.68 Å². The summed E-state index contributed by atoms with van der Waals surface area (Å²) >= 11 is 0. The number of aryl methyl sites for hydroxylation is 2. The number of aromatic nitrogens is 2. The Bertz CT molecular complexity index is 354. The second-order valence-corrected chi connectivity index (χ2v) is 4.74. The van der Waals surface area contributed by atoms with E-state index in [1.54, 1.807) is 0 Å². The maximum absolute atomic E-state index is 9.52. The van der Waals surface area contributed by atoms with E-state index in [4.69, 9.17) is 4.74 Å². The Hall–Kier alpha value is -0.870. The standard InChI is InChI=1S/C12H20N2O2/c1-3-10-6-11(14(2)13-10)7-12(8-15)4-5-16-9-12/h6,15H,3-5,7-9H2,1-2H3. The molecule has 0 aliphatic carbocycles. The molecule has 0 radical (unpaired) electrons. The van der Waals surface area contributed by atoms with Crippen LogP contribution < -0.4 is 0 Å². The van der Waals surface area contributed by atoms with Gasteiger partial charge < -0.3 is 9.84 Å². The average molecular weight is 224 g/mol. The summed E-state index contributed by atoms with van der Waals surface area (Å²) in [7, 11) is 1.97. The predicted octanol–water partition coefficient (Wildman–Crippen LogP) is 0.924. The topological polar surface area (TPSA) is 47.3 Å². The Morgan fingerprint density at radius 3 is 2.94 bits per heavy atom. The van der Waals surface area contributed by atoms with Crippen LogP contribution in [0.1, 0.15) is 24.7 Å². The molecule has 1 atom stereocenters. The quantitative estimate of drug-likeness (QED) is 0.827. The van der Waals surface area contributed by atoms with Gasteiger partial charge in [-0.15, -0.1) is 0 Å². The fourth-order valence-electron chi connectivity index (χ4n) is 2.26. The zero-order valence-electron chi connectivity index (χ0n) is 10.1. The minimum absolute atomic E-state index is 0.0845. The van der Waals surface area contributed by atoms with Gasteiger partial charge in [-0.05, 0) is 25.3 Å². The summed E-state index contributed by atoms with van der Waals surface area (Å²) < 4.78 is 7.33. The summed E-state index contributed by atoms with van der Waals surface area (Å²) in [5, 5.41) is 14.0. The van der Waals surface area contributed by atoms with Crippen LogP contribution in [0.5, 0.6) is 0 Å². The van der Waals surface area contributed by atoms with Crippen molar-refractivity contribution in [2.24, 2.45) is 12.5 Å². The van der Waals surface area contributed by atoms with Gasteiger partial charge in [0.15, 0.2) is 0 Å². The molecule has 2 rings (SSSR count). The van der Waals surface area contributed by atoms with Crippen LogP contribution in [0.25, 0.3) is 0 Å². The van der Waals surface area contributed by atoms with Crippen LogP contribution in [0.15, 0.2) is 6.07 Å². The molecular formula is C12H20N2O2. The maximum atomic E-state index is 9.52. The van der Waals surface area contributed by atoms with Crippen molar-refractivity contribution in [2.75, 3.05) is 19.8 Å². The molecule has 1 aromatic rings. The van der Waals surface area contributed by atoms with Crippen molar-refractivity contribution in [2.45, 2.75) is 26.2 Å². The van der Waals surface area contributed by atoms with Gasteiger partial charge in [0.25, 0.3) is 0 Å². The van der Waals surface area contributed by atoms with E-state index in [-0.39, 0.29) is 12.0 Å². The Morgan fingerprint density at radius 2 is 2.44 bits per heavy atom. The van der Waals surface area contributed by atoms with Gasteiger partial charge in [0, 0.05) is 24.8 Å². The first-order valence-corrected chi connectivity index (χ1v) is 5.89. The molecular weight excluding hydrogens is 204 g/mol. The molecule has 90 valence electrons. The highest BCUT2D eigenvalue weighted by Gasteiger charge is 2.35. The molecule has 0 aromatic carbocycles. The van der Waals surface area contributed by atoms with E-state index in [2.05, 4.69) is 18.1 Å². The fourth-order valence-corrected chi connectivity index (χ4v) is 2.26. The molecule has 1 aliphatic heterocycles. The first-order valence-electron chi connectivity index (χ1n) is 5.89. The molecule has 16 heavy (non-hydrogen) atoms. The molecule has 1 N–H and O–H groups in total. The third kappa shape index (κ3) is 2.13. The van der Waals surface area contributed by atoms with E-state index < -0.39 is 0 Å². The number of rotatable bonds is 4. The lowest BCUT2D eigenvalue weighted by atomic mass is 9.83. The first-order chi connectivity index (χ1) is 7.69. The summed E-state index contributed by atoms with van der Waals surface area (Å²) in [5.41, 5.74) is 2.22. The number of hydrogen-bond donors (Lipinski definition) is 1. The molecule has 4 nitrogen and oxygen atoms in total. The molecule has 1 unspecified atom stereocenters. The number of nitrogens with zero attached hydrogens (tertiary/aromatic N) is 2. The Kier molecular flexibility index (Phi) is 3.30. The van der Waals surface area contributed by atoms with Crippen molar-refractivity contribution in [1.82, 2.24) is 9.78 Å². The van der Waals surface area contributed by atoms with Gasteiger partial charge in [-0.2, -0.15) is 5.10 Å². The van der Waals surface area contributed by atoms with E-state index in [1.807, 2.05) is 11.7 Å². The summed E-state index contributed by atoms with van der Waals surface area (Å²) in [5.74, 6) is 0. The van der Waals surface area contributed by atoms with Crippen molar-refractivity contribution >= 4 is 0 Å². The summed E-state index contributed by atoms with van der Waals surface area (Å²) in [6, 6.07) is 2.13. The molecule has 0 saturated carbocycles. The summed E-state index contributed by atoms with van der Waals surface area (Å²) in [4.78, 5) is 0. The van der Waals surface area contributed by atoms with Crippen LogP contribution in [-0.2, 0) is 24.6 Å². The number of aliphatic hydroxyl groups excluding tert-OH is 1. The van der Waals surface area contributed by atoms with Gasteiger partial charge in [0.1, 0.15) is 0 Å². The van der Waals surface area contributed by atoms with Crippen LogP contribution in [-0.4, -0.2) is 34.7 Å². The van der Waals surface area contributed by atoms with Crippen molar-refractivity contribution in [3.63, 3.8) is 0 Å². The van der Waals surface area contributed by atoms with Crippen molar-refractivity contribution in [3.8, 4) is 0 Å². The molecule has 1 aromatic heterocycles. The molecule has 4 heteroatoms. The summed E-state index contributed by atoms with van der Waals surface area (Å²) in [6.07, 6.45) is 2.75. The van der Waals surface area contributed by atoms with Crippen molar-refractivity contribution < 1.29 is 9.84 Å². The molecule has 0 bridgehead atoms. The van der Waals surface area contributed by atoms with Crippen LogP contribution in [0.4, 0.5) is 0 Å². The monoisotopic (exact) mass is 224 g/mol. The molecule has 1 saturated heterocycles. The third-order valence-corrected chi connectivity index (χ3v) is 3.47. The highest BCUT2D eigenvalue weighted by Crippen LogP contribution is 2.32. The average Bonchev–Trinajstić information content (AvgIpc) is 2.88. The minimum Gasteiger partial charge on any atom is -0.396 e. The van der Waals surface area contributed by atoms with Crippen LogP contribution >= 0.6 is 0 Å². The SMILES string of the molecule is CCc1cc(CC2(CO)CCOC2)n(C)n1. The lowest BCUT2D eigenvalue weighted by Gasteiger charge is -2.24. The number of aliphatic hydroxyl groups is 1. The number of hydrogen-bond acceptors (Lipinski definition) is 3. The van der Waals surface area contributed by atoms with E-state index in [0.29, 0.717) is 6.61 Å². The van der Waals surface area contributed by atoms with E-state index >= 15 is 0 Å². The summed E-state index contributed by atoms with van der Waals surface area (Å²) in [6.45, 7) is 3.72. The van der Waals surface area contributed by atoms with Crippen LogP contribution in [0, 0.1) is 5.41 Å². The number of ether oxygens (including phenoxy) is 1. The van der Waals surface area contributed by atoms with E-state index in [9.17, 15) is 5.11 Å². The Labute approximate surface area is 96.2 Å². The molecule has 1 aliphatic rings. The largest absolute Gasteiger partial charge is 0.396 e. The van der Waals surface area contributed by atoms with E-state index in [1.165, 1.54) is 5.69 Å². The highest BCUT2D eigenvalue weighted by atomic mass is 16.5. The lowest BCUT2D eigenvalue weighted by Crippen LogP contribution is -2.29. The van der Waals surface area contributed by atoms with Crippen molar-refractivity contribution in [3.05, 3.63) is 17.5 Å². The highest BCUT2D eigenvalue weighted by molar-refractivity contribution is 5.13. The van der Waals surface area contributed by atoms with Crippen LogP contribution in [0.3, 0.4) is 0 Å². The third-order valence-electron chi connectivity index (χ3n) is 3.47. The minimum atomic E-state index is -0.0845. The van der Waals surface area contributed by atoms with Gasteiger partial charge in [0.2, 0.25) is 0 Å². The van der Waals surface area contributed by atoms with Crippen LogP contribution in [0.2, 0.25) is 0 Å². The van der Waals surface area contributed by atoms with Gasteiger partial charge >= 0.3 is 0 Å². The Morgan fingerprint density at radius 1 is 1.62 bits per heavy atom. The zero-order chi connectivity index (χ0) is 11.6. The zero-order valence-corrected chi connectivity index (χ0v) is 10.1. The molecule has 1 fully saturated rings. The lowest BCUT2D eigenvalue weighted by molar-refractivity contribution is 0.0920. The van der Waals surface area contributed by atoms with Gasteiger partial charge in [-0.1, -0.05) is 6.92 Å². The maximum Gasteiger partial charge on any atom is 0.0624 e. The second kappa shape index (κ2) is 4.55.